The van der Waals surface area contributed by atoms with Gasteiger partial charge in [-0.3, -0.25) is 19.3 Å². The second kappa shape index (κ2) is 6.70. The number of carbonyl (C=O) groups excluding carboxylic acids is 3. The van der Waals surface area contributed by atoms with Gasteiger partial charge in [0.1, 0.15) is 11.4 Å². The smallest absolute Gasteiger partial charge is 0.279 e. The molecule has 0 aromatic heterocycles. The predicted molar refractivity (Wildman–Crippen MR) is 97.4 cm³/mol. The molecule has 1 aliphatic rings. The first-order valence-corrected chi connectivity index (χ1v) is 8.09. The summed E-state index contributed by atoms with van der Waals surface area (Å²) >= 11 is 0. The summed E-state index contributed by atoms with van der Waals surface area (Å²) in [6.07, 6.45) is 0. The first-order valence-electron chi connectivity index (χ1n) is 8.09. The van der Waals surface area contributed by atoms with Crippen molar-refractivity contribution in [3.63, 3.8) is 0 Å². The molecule has 3 N–H and O–H groups in total. The van der Waals surface area contributed by atoms with Crippen molar-refractivity contribution in [1.82, 2.24) is 15.1 Å². The molecule has 0 aliphatic carbocycles. The van der Waals surface area contributed by atoms with Gasteiger partial charge in [-0.1, -0.05) is 6.07 Å². The van der Waals surface area contributed by atoms with Crippen LogP contribution in [0.3, 0.4) is 0 Å². The number of nitrogens with one attached hydrogen (secondary N) is 2. The molecule has 0 atom stereocenters. The second-order valence-electron chi connectivity index (χ2n) is 7.32. The second-order valence-corrected chi connectivity index (χ2v) is 7.32. The number of benzene rings is 1. The number of phenolic OH excluding ortho intramolecular Hbond substituents is 1. The molecule has 2 rings (SSSR count). The minimum Gasteiger partial charge on any atom is -0.505 e. The summed E-state index contributed by atoms with van der Waals surface area (Å²) in [5, 5.41) is 16.3. The Morgan fingerprint density at radius 3 is 2.23 bits per heavy atom. The van der Waals surface area contributed by atoms with Crippen molar-refractivity contribution in [2.45, 2.75) is 26.3 Å². The molecule has 8 heteroatoms. The average Bonchev–Trinajstić information content (AvgIpc) is 2.72. The number of anilines is 1. The van der Waals surface area contributed by atoms with Crippen molar-refractivity contribution in [2.24, 2.45) is 0 Å². The maximum Gasteiger partial charge on any atom is 0.279 e. The Morgan fingerprint density at radius 2 is 1.69 bits per heavy atom. The number of hydrogen-bond acceptors (Lipinski definition) is 6. The number of hydrogen-bond donors (Lipinski definition) is 3. The van der Waals surface area contributed by atoms with Crippen molar-refractivity contribution in [3.05, 3.63) is 35.2 Å². The Bertz CT molecular complexity index is 806. The van der Waals surface area contributed by atoms with Crippen LogP contribution in [0.5, 0.6) is 5.75 Å². The number of para-hydroxylation sites is 1. The van der Waals surface area contributed by atoms with E-state index in [-0.39, 0.29) is 34.3 Å². The molecule has 1 aliphatic heterocycles. The molecule has 1 heterocycles. The molecule has 26 heavy (non-hydrogen) atoms. The predicted octanol–water partition coefficient (Wildman–Crippen LogP) is 1.10. The fourth-order valence-electron chi connectivity index (χ4n) is 2.44. The number of imide groups is 1. The van der Waals surface area contributed by atoms with E-state index in [4.69, 9.17) is 0 Å². The van der Waals surface area contributed by atoms with Gasteiger partial charge in [-0.05, 0) is 32.9 Å². The van der Waals surface area contributed by atoms with E-state index in [1.165, 1.54) is 24.1 Å². The minimum absolute atomic E-state index is 0.0252. The maximum absolute atomic E-state index is 12.4. The third-order valence-electron chi connectivity index (χ3n) is 3.72. The van der Waals surface area contributed by atoms with E-state index in [9.17, 15) is 19.5 Å². The summed E-state index contributed by atoms with van der Waals surface area (Å²) in [5.41, 5.74) is -0.0481. The summed E-state index contributed by atoms with van der Waals surface area (Å²) in [6.45, 7) is 5.59. The lowest BCUT2D eigenvalue weighted by molar-refractivity contribution is -0.136. The number of likely N-dealkylation sites (N-methyl/N-ethyl adjacent to an activating group) is 1. The van der Waals surface area contributed by atoms with Gasteiger partial charge in [0.2, 0.25) is 0 Å². The van der Waals surface area contributed by atoms with E-state index in [0.717, 1.165) is 4.90 Å². The third kappa shape index (κ3) is 3.63. The highest BCUT2D eigenvalue weighted by Crippen LogP contribution is 2.31. The zero-order valence-corrected chi connectivity index (χ0v) is 15.8. The average molecular weight is 360 g/mol. The van der Waals surface area contributed by atoms with Crippen LogP contribution in [0.15, 0.2) is 29.6 Å². The summed E-state index contributed by atoms with van der Waals surface area (Å²) < 4.78 is 0. The van der Waals surface area contributed by atoms with Crippen LogP contribution >= 0.6 is 0 Å². The zero-order chi connectivity index (χ0) is 19.8. The molecule has 1 aromatic carbocycles. The van der Waals surface area contributed by atoms with Gasteiger partial charge >= 0.3 is 0 Å². The van der Waals surface area contributed by atoms with Gasteiger partial charge in [0, 0.05) is 26.7 Å². The number of amides is 3. The van der Waals surface area contributed by atoms with Crippen LogP contribution in [0.2, 0.25) is 0 Å². The third-order valence-corrected chi connectivity index (χ3v) is 3.72. The highest BCUT2D eigenvalue weighted by Gasteiger charge is 2.38. The summed E-state index contributed by atoms with van der Waals surface area (Å²) in [4.78, 5) is 39.3. The molecule has 0 fully saturated rings. The molecule has 3 amide bonds. The van der Waals surface area contributed by atoms with Gasteiger partial charge in [-0.2, -0.15) is 0 Å². The van der Waals surface area contributed by atoms with E-state index in [1.807, 2.05) is 20.8 Å². The molecule has 0 radical (unpaired) electrons. The molecule has 0 saturated carbocycles. The van der Waals surface area contributed by atoms with E-state index >= 15 is 0 Å². The maximum atomic E-state index is 12.4. The number of phenols is 1. The monoisotopic (exact) mass is 360 g/mol. The van der Waals surface area contributed by atoms with Gasteiger partial charge in [0.15, 0.2) is 5.75 Å². The van der Waals surface area contributed by atoms with Crippen molar-refractivity contribution >= 4 is 23.4 Å². The number of rotatable bonds is 4. The van der Waals surface area contributed by atoms with Crippen LogP contribution in [0.25, 0.3) is 0 Å². The molecule has 0 bridgehead atoms. The van der Waals surface area contributed by atoms with Crippen LogP contribution in [-0.4, -0.2) is 59.3 Å². The fourth-order valence-corrected chi connectivity index (χ4v) is 2.44. The van der Waals surface area contributed by atoms with E-state index < -0.39 is 17.4 Å². The van der Waals surface area contributed by atoms with E-state index in [0.29, 0.717) is 0 Å². The highest BCUT2D eigenvalue weighted by molar-refractivity contribution is 6.20. The Kier molecular flexibility index (Phi) is 4.97. The molecule has 0 saturated heterocycles. The van der Waals surface area contributed by atoms with E-state index in [2.05, 4.69) is 10.6 Å². The lowest BCUT2D eigenvalue weighted by Gasteiger charge is -2.23. The molecule has 8 nitrogen and oxygen atoms in total. The van der Waals surface area contributed by atoms with Crippen LogP contribution < -0.4 is 10.6 Å². The van der Waals surface area contributed by atoms with Crippen LogP contribution in [0.1, 0.15) is 31.1 Å². The first-order chi connectivity index (χ1) is 11.9. The van der Waals surface area contributed by atoms with Crippen LogP contribution in [0.4, 0.5) is 5.69 Å². The minimum atomic E-state index is -0.523. The molecule has 140 valence electrons. The van der Waals surface area contributed by atoms with E-state index in [1.54, 1.807) is 20.2 Å². The Balaban J connectivity index is 2.48. The summed E-state index contributed by atoms with van der Waals surface area (Å²) in [5.74, 6) is -1.65. The van der Waals surface area contributed by atoms with Crippen molar-refractivity contribution in [1.29, 1.82) is 0 Å². The van der Waals surface area contributed by atoms with Gasteiger partial charge in [-0.25, -0.2) is 0 Å². The summed E-state index contributed by atoms with van der Waals surface area (Å²) in [7, 11) is 4.53. The van der Waals surface area contributed by atoms with Gasteiger partial charge < -0.3 is 20.6 Å². The largest absolute Gasteiger partial charge is 0.505 e. The number of aromatic hydroxyl groups is 1. The Hall–Kier alpha value is -3.03. The lowest BCUT2D eigenvalue weighted by atomic mass is 10.1. The number of carbonyl (C=O) groups is 3. The van der Waals surface area contributed by atoms with Gasteiger partial charge in [0.05, 0.1) is 11.3 Å². The molecule has 0 unspecified atom stereocenters. The lowest BCUT2D eigenvalue weighted by Crippen LogP contribution is -2.39. The normalized spacial score (nSPS) is 14.8. The molecule has 0 spiro atoms. The van der Waals surface area contributed by atoms with Crippen molar-refractivity contribution < 1.29 is 19.5 Å². The number of nitrogens with zero attached hydrogens (tertiary/aromatic N) is 2. The topological polar surface area (TPSA) is 102 Å². The van der Waals surface area contributed by atoms with Crippen molar-refractivity contribution in [2.75, 3.05) is 26.5 Å². The van der Waals surface area contributed by atoms with Gasteiger partial charge in [0.25, 0.3) is 17.7 Å². The molecule has 1 aromatic rings. The quantitative estimate of drug-likeness (QED) is 0.549. The summed E-state index contributed by atoms with van der Waals surface area (Å²) in [6, 6.07) is 4.60. The molecular formula is C18H24N4O4. The highest BCUT2D eigenvalue weighted by atomic mass is 16.3. The van der Waals surface area contributed by atoms with Gasteiger partial charge in [-0.15, -0.1) is 0 Å². The van der Waals surface area contributed by atoms with Crippen molar-refractivity contribution in [3.8, 4) is 5.75 Å². The SMILES string of the molecule is CN(C)C(=O)c1cccc(NC2=C(NC(C)(C)C)C(=O)N(C)C2=O)c1O. The Morgan fingerprint density at radius 1 is 1.12 bits per heavy atom. The van der Waals surface area contributed by atoms with Crippen LogP contribution in [0, 0.1) is 0 Å². The molecular weight excluding hydrogens is 336 g/mol. The first kappa shape index (κ1) is 19.3. The standard InChI is InChI=1S/C18H24N4O4/c1-18(2,3)20-13-12(16(25)22(6)17(13)26)19-11-9-7-8-10(14(11)23)15(24)21(4)5/h7-9,19-20,23H,1-6H3. The zero-order valence-electron chi connectivity index (χ0n) is 15.8. The fraction of sp³-hybridized carbons (Fsp3) is 0.389. The van der Waals surface area contributed by atoms with Crippen LogP contribution in [-0.2, 0) is 9.59 Å². The Labute approximate surface area is 152 Å².